The largest absolute Gasteiger partial charge is 1.00 e. The van der Waals surface area contributed by atoms with Crippen LogP contribution in [0.3, 0.4) is 0 Å². The Balaban J connectivity index is 0.00000162. The van der Waals surface area contributed by atoms with Crippen LogP contribution in [0.1, 0.15) is 35.4 Å². The predicted molar refractivity (Wildman–Crippen MR) is 76.1 cm³/mol. The average Bonchev–Trinajstić information content (AvgIpc) is 2.71. The fraction of sp³-hybridized carbons (Fsp3) is 0.333. The molecule has 0 fully saturated rings. The topological polar surface area (TPSA) is 20.9 Å². The zero-order valence-corrected chi connectivity index (χ0v) is 12.9. The lowest BCUT2D eigenvalue weighted by Crippen LogP contribution is -3.00. The van der Waals surface area contributed by atoms with E-state index in [-0.39, 0.29) is 30.2 Å². The van der Waals surface area contributed by atoms with Crippen LogP contribution in [0, 0.1) is 6.92 Å². The van der Waals surface area contributed by atoms with Crippen molar-refractivity contribution >= 4 is 17.1 Å². The summed E-state index contributed by atoms with van der Waals surface area (Å²) in [5.41, 5.74) is 1.95. The number of hydrogen-bond donors (Lipinski definition) is 0. The average molecular weight is 342 g/mol. The first kappa shape index (κ1) is 18.0. The summed E-state index contributed by atoms with van der Waals surface area (Å²) >= 11 is 1.72. The molecule has 0 saturated carbocycles. The Morgan fingerprint density at radius 3 is 2.47 bits per heavy atom. The van der Waals surface area contributed by atoms with Gasteiger partial charge in [-0.2, -0.15) is 4.57 Å². The molecule has 104 valence electrons. The Labute approximate surface area is 129 Å². The molecule has 2 nitrogen and oxygen atoms in total. The molecule has 4 heteroatoms. The van der Waals surface area contributed by atoms with Crippen LogP contribution in [0.2, 0.25) is 0 Å². The molecule has 0 amide bonds. The van der Waals surface area contributed by atoms with Gasteiger partial charge in [0.1, 0.15) is 0 Å². The zero-order chi connectivity index (χ0) is 12.3. The second-order valence-corrected chi connectivity index (χ2v) is 4.94. The van der Waals surface area contributed by atoms with E-state index in [0.717, 1.165) is 17.7 Å². The van der Waals surface area contributed by atoms with E-state index in [4.69, 9.17) is 0 Å². The molecule has 0 unspecified atom stereocenters. The number of Topliss-reactive ketones (excluding diaryl/α,β-unsaturated/α-hetero) is 1. The molecule has 0 radical (unpaired) electrons. The third-order valence-electron chi connectivity index (χ3n) is 2.79. The summed E-state index contributed by atoms with van der Waals surface area (Å²) in [6.07, 6.45) is 0.973. The highest BCUT2D eigenvalue weighted by molar-refractivity contribution is 7.09. The minimum absolute atomic E-state index is 0. The zero-order valence-electron chi connectivity index (χ0n) is 10.5. The van der Waals surface area contributed by atoms with Crippen LogP contribution in [0.25, 0.3) is 0 Å². The molecular formula is C15H20BrNOS. The Morgan fingerprint density at radius 1 is 1.26 bits per heavy atom. The van der Waals surface area contributed by atoms with Gasteiger partial charge in [0.25, 0.3) is 0 Å². The first-order valence-corrected chi connectivity index (χ1v) is 6.65. The van der Waals surface area contributed by atoms with Crippen molar-refractivity contribution in [3.05, 3.63) is 52.0 Å². The van der Waals surface area contributed by atoms with Crippen molar-refractivity contribution in [1.82, 2.24) is 0 Å². The van der Waals surface area contributed by atoms with E-state index in [0.29, 0.717) is 6.54 Å². The summed E-state index contributed by atoms with van der Waals surface area (Å²) in [5, 5.41) is 3.36. The molecule has 0 spiro atoms. The summed E-state index contributed by atoms with van der Waals surface area (Å²) in [7, 11) is 0. The molecule has 19 heavy (non-hydrogen) atoms. The summed E-state index contributed by atoms with van der Waals surface area (Å²) in [4.78, 5) is 12.1. The van der Waals surface area contributed by atoms with E-state index < -0.39 is 0 Å². The number of ketones is 1. The lowest BCUT2D eigenvalue weighted by molar-refractivity contribution is -0.691. The fourth-order valence-electron chi connectivity index (χ4n) is 1.82. The highest BCUT2D eigenvalue weighted by Gasteiger charge is 2.19. The SMILES string of the molecule is C.CCc1scc(C)[n+]1CC(=O)c1ccccc1.[Br-]. The number of carbonyl (C=O) groups excluding carboxylic acids is 1. The standard InChI is InChI=1S/C14H16NOS.CH4.BrH/c1-3-14-15(11(2)10-17-14)9-13(16)12-7-5-4-6-8-12;;/h4-8,10H,3,9H2,1-2H3;1H4;1H/q+1;;/p-1. The van der Waals surface area contributed by atoms with Crippen LogP contribution in [-0.2, 0) is 13.0 Å². The molecule has 1 aromatic carbocycles. The monoisotopic (exact) mass is 341 g/mol. The Morgan fingerprint density at radius 2 is 1.89 bits per heavy atom. The quantitative estimate of drug-likeness (QED) is 0.583. The van der Waals surface area contributed by atoms with Crippen LogP contribution in [0.15, 0.2) is 35.7 Å². The number of thiazole rings is 1. The number of benzene rings is 1. The van der Waals surface area contributed by atoms with Crippen molar-refractivity contribution < 1.29 is 26.3 Å². The van der Waals surface area contributed by atoms with Crippen molar-refractivity contribution in [3.63, 3.8) is 0 Å². The maximum Gasteiger partial charge on any atom is 0.237 e. The van der Waals surface area contributed by atoms with E-state index in [2.05, 4.69) is 16.9 Å². The third kappa shape index (κ3) is 4.25. The second-order valence-electron chi connectivity index (χ2n) is 4.00. The van der Waals surface area contributed by atoms with Gasteiger partial charge in [-0.05, 0) is 0 Å². The smallest absolute Gasteiger partial charge is 0.237 e. The van der Waals surface area contributed by atoms with Crippen molar-refractivity contribution in [2.24, 2.45) is 0 Å². The van der Waals surface area contributed by atoms with Gasteiger partial charge in [0.2, 0.25) is 17.3 Å². The minimum Gasteiger partial charge on any atom is -1.00 e. The molecule has 0 aliphatic heterocycles. The summed E-state index contributed by atoms with van der Waals surface area (Å²) < 4.78 is 2.11. The lowest BCUT2D eigenvalue weighted by Gasteiger charge is -1.99. The number of nitrogens with zero attached hydrogens (tertiary/aromatic N) is 1. The van der Waals surface area contributed by atoms with Gasteiger partial charge in [0, 0.05) is 18.9 Å². The molecule has 2 rings (SSSR count). The first-order chi connectivity index (χ1) is 8.22. The van der Waals surface area contributed by atoms with Crippen molar-refractivity contribution in [1.29, 1.82) is 0 Å². The van der Waals surface area contributed by atoms with Gasteiger partial charge in [-0.1, -0.05) is 56.0 Å². The molecule has 1 aromatic heterocycles. The van der Waals surface area contributed by atoms with Crippen molar-refractivity contribution in [3.8, 4) is 0 Å². The number of rotatable bonds is 4. The Hall–Kier alpha value is -1.000. The number of aromatic nitrogens is 1. The van der Waals surface area contributed by atoms with Gasteiger partial charge in [-0.25, -0.2) is 0 Å². The molecule has 2 aromatic rings. The fourth-order valence-corrected chi connectivity index (χ4v) is 2.76. The van der Waals surface area contributed by atoms with Gasteiger partial charge in [-0.15, -0.1) is 0 Å². The third-order valence-corrected chi connectivity index (χ3v) is 4.03. The van der Waals surface area contributed by atoms with Gasteiger partial charge in [-0.3, -0.25) is 4.79 Å². The van der Waals surface area contributed by atoms with Gasteiger partial charge >= 0.3 is 0 Å². The van der Waals surface area contributed by atoms with Crippen LogP contribution >= 0.6 is 11.3 Å². The maximum absolute atomic E-state index is 12.1. The molecule has 0 aliphatic carbocycles. The summed E-state index contributed by atoms with van der Waals surface area (Å²) in [5.74, 6) is 0.173. The Bertz CT molecular complexity index is 522. The normalized spacial score (nSPS) is 9.37. The molecule has 0 bridgehead atoms. The maximum atomic E-state index is 12.1. The molecule has 0 atom stereocenters. The van der Waals surface area contributed by atoms with Crippen molar-refractivity contribution in [2.75, 3.05) is 0 Å². The first-order valence-electron chi connectivity index (χ1n) is 5.77. The highest BCUT2D eigenvalue weighted by atomic mass is 79.9. The number of aryl methyl sites for hydroxylation is 2. The van der Waals surface area contributed by atoms with E-state index in [9.17, 15) is 4.79 Å². The molecular weight excluding hydrogens is 322 g/mol. The van der Waals surface area contributed by atoms with Gasteiger partial charge in [0.15, 0.2) is 5.69 Å². The second kappa shape index (κ2) is 8.23. The Kier molecular flexibility index (Phi) is 7.79. The van der Waals surface area contributed by atoms with Gasteiger partial charge in [0.05, 0.1) is 5.38 Å². The van der Waals surface area contributed by atoms with E-state index in [1.807, 2.05) is 37.3 Å². The van der Waals surface area contributed by atoms with Crippen molar-refractivity contribution in [2.45, 2.75) is 34.2 Å². The van der Waals surface area contributed by atoms with Gasteiger partial charge < -0.3 is 17.0 Å². The van der Waals surface area contributed by atoms with E-state index in [1.54, 1.807) is 11.3 Å². The molecule has 1 heterocycles. The minimum atomic E-state index is 0. The molecule has 0 saturated heterocycles. The number of carbonyl (C=O) groups is 1. The van der Waals surface area contributed by atoms with E-state index in [1.165, 1.54) is 5.01 Å². The number of hydrogen-bond acceptors (Lipinski definition) is 2. The summed E-state index contributed by atoms with van der Waals surface area (Å²) in [6.45, 7) is 4.62. The van der Waals surface area contributed by atoms with Crippen LogP contribution < -0.4 is 21.5 Å². The molecule has 0 aliphatic rings. The highest BCUT2D eigenvalue weighted by Crippen LogP contribution is 2.08. The lowest BCUT2D eigenvalue weighted by atomic mass is 10.1. The predicted octanol–water partition coefficient (Wildman–Crippen LogP) is 0.429. The summed E-state index contributed by atoms with van der Waals surface area (Å²) in [6, 6.07) is 9.47. The number of halogens is 1. The van der Waals surface area contributed by atoms with Crippen LogP contribution in [0.5, 0.6) is 0 Å². The van der Waals surface area contributed by atoms with Crippen LogP contribution in [-0.4, -0.2) is 5.78 Å². The van der Waals surface area contributed by atoms with Crippen LogP contribution in [0.4, 0.5) is 0 Å². The van der Waals surface area contributed by atoms with E-state index >= 15 is 0 Å². The molecule has 0 N–H and O–H groups in total.